The number of rotatable bonds is 5. The van der Waals surface area contributed by atoms with Crippen LogP contribution in [-0.2, 0) is 27.7 Å². The van der Waals surface area contributed by atoms with Gasteiger partial charge < -0.3 is 9.32 Å². The lowest BCUT2D eigenvalue weighted by Crippen LogP contribution is -2.44. The molecule has 9 nitrogen and oxygen atoms in total. The van der Waals surface area contributed by atoms with Gasteiger partial charge in [-0.1, -0.05) is 0 Å². The Morgan fingerprint density at radius 1 is 1.46 bits per heavy atom. The summed E-state index contributed by atoms with van der Waals surface area (Å²) in [6, 6.07) is 4.73. The molecule has 148 valence electrons. The second-order valence-corrected chi connectivity index (χ2v) is 9.05. The maximum absolute atomic E-state index is 13.0. The maximum atomic E-state index is 13.0. The zero-order valence-corrected chi connectivity index (χ0v) is 16.4. The van der Waals surface area contributed by atoms with E-state index in [4.69, 9.17) is 4.42 Å². The SMILES string of the molecule is Cc1nn(CC(=O)N(Cc2ccco2)[C@H]2CCS(=O)(=O)C2)c(=O)c(C#N)c1C. The van der Waals surface area contributed by atoms with Crippen LogP contribution < -0.4 is 5.56 Å². The van der Waals surface area contributed by atoms with Crippen molar-refractivity contribution >= 4 is 15.7 Å². The minimum atomic E-state index is -3.21. The highest BCUT2D eigenvalue weighted by atomic mass is 32.2. The molecule has 1 aliphatic heterocycles. The largest absolute Gasteiger partial charge is 0.467 e. The number of carbonyl (C=O) groups excluding carboxylic acids is 1. The summed E-state index contributed by atoms with van der Waals surface area (Å²) in [5, 5.41) is 13.3. The van der Waals surface area contributed by atoms with Crippen molar-refractivity contribution in [3.8, 4) is 6.07 Å². The van der Waals surface area contributed by atoms with Gasteiger partial charge in [0.2, 0.25) is 5.91 Å². The minimum absolute atomic E-state index is 0.0139. The molecular formula is C18H20N4O5S. The van der Waals surface area contributed by atoms with Crippen molar-refractivity contribution < 1.29 is 17.6 Å². The number of furan rings is 1. The average molecular weight is 404 g/mol. The van der Waals surface area contributed by atoms with Gasteiger partial charge in [-0.3, -0.25) is 9.59 Å². The summed E-state index contributed by atoms with van der Waals surface area (Å²) in [5.41, 5.74) is 0.257. The predicted octanol–water partition coefficient (Wildman–Crippen LogP) is 0.541. The third-order valence-corrected chi connectivity index (χ3v) is 6.66. The molecule has 0 aliphatic carbocycles. The quantitative estimate of drug-likeness (QED) is 0.712. The lowest BCUT2D eigenvalue weighted by molar-refractivity contribution is -0.135. The Hall–Kier alpha value is -2.93. The van der Waals surface area contributed by atoms with Gasteiger partial charge in [-0.25, -0.2) is 13.1 Å². The predicted molar refractivity (Wildman–Crippen MR) is 99.0 cm³/mol. The number of nitrogens with zero attached hydrogens (tertiary/aromatic N) is 4. The molecular weight excluding hydrogens is 384 g/mol. The van der Waals surface area contributed by atoms with Gasteiger partial charge in [0.15, 0.2) is 9.84 Å². The molecule has 0 bridgehead atoms. The molecule has 1 saturated heterocycles. The molecule has 1 fully saturated rings. The molecule has 2 aromatic heterocycles. The monoisotopic (exact) mass is 404 g/mol. The number of aryl methyl sites for hydroxylation is 1. The van der Waals surface area contributed by atoms with Gasteiger partial charge in [0.05, 0.1) is 30.0 Å². The van der Waals surface area contributed by atoms with E-state index in [2.05, 4.69) is 5.10 Å². The lowest BCUT2D eigenvalue weighted by atomic mass is 10.1. The Bertz CT molecular complexity index is 1100. The van der Waals surface area contributed by atoms with Crippen molar-refractivity contribution in [2.45, 2.75) is 39.4 Å². The van der Waals surface area contributed by atoms with Gasteiger partial charge >= 0.3 is 0 Å². The summed E-state index contributed by atoms with van der Waals surface area (Å²) in [4.78, 5) is 26.9. The third kappa shape index (κ3) is 3.99. The second-order valence-electron chi connectivity index (χ2n) is 6.82. The van der Waals surface area contributed by atoms with Crippen LogP contribution in [0, 0.1) is 25.2 Å². The molecule has 0 aromatic carbocycles. The van der Waals surface area contributed by atoms with E-state index >= 15 is 0 Å². The van der Waals surface area contributed by atoms with Gasteiger partial charge in [0.1, 0.15) is 23.9 Å². The van der Waals surface area contributed by atoms with E-state index in [0.717, 1.165) is 4.68 Å². The Labute approximate surface area is 162 Å². The number of carbonyl (C=O) groups is 1. The number of hydrogen-bond acceptors (Lipinski definition) is 7. The third-order valence-electron chi connectivity index (χ3n) is 4.91. The lowest BCUT2D eigenvalue weighted by Gasteiger charge is -2.27. The first kappa shape index (κ1) is 19.8. The fourth-order valence-corrected chi connectivity index (χ4v) is 4.97. The van der Waals surface area contributed by atoms with Crippen LogP contribution in [0.1, 0.15) is 29.0 Å². The van der Waals surface area contributed by atoms with Crippen LogP contribution in [-0.4, -0.2) is 46.6 Å². The number of nitriles is 1. The minimum Gasteiger partial charge on any atom is -0.467 e. The topological polar surface area (TPSA) is 126 Å². The van der Waals surface area contributed by atoms with Gasteiger partial charge in [0, 0.05) is 6.04 Å². The first-order valence-corrected chi connectivity index (χ1v) is 10.5. The number of sulfone groups is 1. The highest BCUT2D eigenvalue weighted by Crippen LogP contribution is 2.21. The number of hydrogen-bond donors (Lipinski definition) is 0. The van der Waals surface area contributed by atoms with Crippen LogP contribution in [0.25, 0.3) is 0 Å². The molecule has 2 aromatic rings. The van der Waals surface area contributed by atoms with E-state index in [1.54, 1.807) is 26.0 Å². The van der Waals surface area contributed by atoms with E-state index in [9.17, 15) is 23.3 Å². The Morgan fingerprint density at radius 3 is 2.79 bits per heavy atom. The standard InChI is InChI=1S/C18H20N4O5S/c1-12-13(2)20-22(18(24)16(12)8-19)10-17(23)21(9-15-4-3-6-27-15)14-5-7-28(25,26)11-14/h3-4,6,14H,5,7,9-11H2,1-2H3/t14-/m0/s1. The molecule has 3 rings (SSSR count). The van der Waals surface area contributed by atoms with E-state index in [1.807, 2.05) is 6.07 Å². The first-order chi connectivity index (χ1) is 13.2. The summed E-state index contributed by atoms with van der Waals surface area (Å²) < 4.78 is 30.0. The molecule has 1 aliphatic rings. The highest BCUT2D eigenvalue weighted by Gasteiger charge is 2.35. The van der Waals surface area contributed by atoms with Crippen LogP contribution in [0.5, 0.6) is 0 Å². The van der Waals surface area contributed by atoms with E-state index in [-0.39, 0.29) is 30.2 Å². The van der Waals surface area contributed by atoms with E-state index in [0.29, 0.717) is 23.4 Å². The fraction of sp³-hybridized carbons (Fsp3) is 0.444. The molecule has 1 amide bonds. The fourth-order valence-electron chi connectivity index (χ4n) is 3.24. The summed E-state index contributed by atoms with van der Waals surface area (Å²) in [6.45, 7) is 2.99. The van der Waals surface area contributed by atoms with Crippen LogP contribution >= 0.6 is 0 Å². The van der Waals surface area contributed by atoms with Crippen molar-refractivity contribution in [3.05, 3.63) is 51.3 Å². The van der Waals surface area contributed by atoms with Crippen LogP contribution in [0.3, 0.4) is 0 Å². The Morgan fingerprint density at radius 2 is 2.21 bits per heavy atom. The molecule has 0 saturated carbocycles. The smallest absolute Gasteiger partial charge is 0.285 e. The van der Waals surface area contributed by atoms with Gasteiger partial charge in [-0.15, -0.1) is 0 Å². The van der Waals surface area contributed by atoms with E-state index in [1.165, 1.54) is 11.2 Å². The zero-order valence-electron chi connectivity index (χ0n) is 15.6. The molecule has 10 heteroatoms. The summed E-state index contributed by atoms with van der Waals surface area (Å²) in [5.74, 6) is -0.0611. The van der Waals surface area contributed by atoms with Crippen molar-refractivity contribution in [3.63, 3.8) is 0 Å². The van der Waals surface area contributed by atoms with Crippen LogP contribution in [0.15, 0.2) is 27.6 Å². The molecule has 0 radical (unpaired) electrons. The van der Waals surface area contributed by atoms with Crippen LogP contribution in [0.4, 0.5) is 0 Å². The van der Waals surface area contributed by atoms with Gasteiger partial charge in [-0.2, -0.15) is 10.4 Å². The zero-order chi connectivity index (χ0) is 20.5. The summed E-state index contributed by atoms with van der Waals surface area (Å²) in [7, 11) is -3.21. The van der Waals surface area contributed by atoms with Crippen LogP contribution in [0.2, 0.25) is 0 Å². The average Bonchev–Trinajstić information content (AvgIpc) is 3.27. The maximum Gasteiger partial charge on any atom is 0.285 e. The summed E-state index contributed by atoms with van der Waals surface area (Å²) >= 11 is 0. The summed E-state index contributed by atoms with van der Waals surface area (Å²) in [6.07, 6.45) is 1.80. The van der Waals surface area contributed by atoms with Gasteiger partial charge in [-0.05, 0) is 38.0 Å². The van der Waals surface area contributed by atoms with Crippen molar-refractivity contribution in [1.82, 2.24) is 14.7 Å². The molecule has 1 atom stereocenters. The highest BCUT2D eigenvalue weighted by molar-refractivity contribution is 7.91. The van der Waals surface area contributed by atoms with E-state index < -0.39 is 27.3 Å². The number of aromatic nitrogens is 2. The molecule has 0 N–H and O–H groups in total. The van der Waals surface area contributed by atoms with Crippen molar-refractivity contribution in [2.24, 2.45) is 0 Å². The normalized spacial score (nSPS) is 18.0. The Kier molecular flexibility index (Phi) is 5.38. The molecule has 0 spiro atoms. The van der Waals surface area contributed by atoms with Gasteiger partial charge in [0.25, 0.3) is 5.56 Å². The molecule has 28 heavy (non-hydrogen) atoms. The molecule has 3 heterocycles. The number of amides is 1. The second kappa shape index (κ2) is 7.59. The van der Waals surface area contributed by atoms with Crippen molar-refractivity contribution in [2.75, 3.05) is 11.5 Å². The molecule has 0 unspecified atom stereocenters. The van der Waals surface area contributed by atoms with Crippen molar-refractivity contribution in [1.29, 1.82) is 5.26 Å². The Balaban J connectivity index is 1.91. The first-order valence-electron chi connectivity index (χ1n) is 8.72.